The number of ether oxygens (including phenoxy) is 2. The Morgan fingerprint density at radius 1 is 1.20 bits per heavy atom. The lowest BCUT2D eigenvalue weighted by molar-refractivity contribution is -0.191. The van der Waals surface area contributed by atoms with Gasteiger partial charge in [-0.05, 0) is 25.0 Å². The van der Waals surface area contributed by atoms with Gasteiger partial charge in [0.15, 0.2) is 11.6 Å². The van der Waals surface area contributed by atoms with Gasteiger partial charge in [0.2, 0.25) is 0 Å². The maximum absolute atomic E-state index is 11.3. The van der Waals surface area contributed by atoms with Gasteiger partial charge in [-0.3, -0.25) is 4.79 Å². The number of ketones is 1. The highest BCUT2D eigenvalue weighted by atomic mass is 16.8. The summed E-state index contributed by atoms with van der Waals surface area (Å²) >= 11 is 0. The van der Waals surface area contributed by atoms with Gasteiger partial charge in [-0.1, -0.05) is 6.42 Å². The Labute approximate surface area is 89.4 Å². The molecule has 0 unspecified atom stereocenters. The third kappa shape index (κ3) is 1.64. The molecule has 0 N–H and O–H groups in total. The molecule has 1 heterocycles. The molecule has 1 aliphatic heterocycles. The van der Waals surface area contributed by atoms with Crippen molar-refractivity contribution < 1.29 is 14.3 Å². The minimum atomic E-state index is -0.359. The van der Waals surface area contributed by atoms with E-state index < -0.39 is 0 Å². The summed E-state index contributed by atoms with van der Waals surface area (Å²) in [7, 11) is 0. The topological polar surface area (TPSA) is 35.5 Å². The number of allylic oxidation sites excluding steroid dienone is 1. The van der Waals surface area contributed by atoms with Crippen LogP contribution in [-0.2, 0) is 14.3 Å². The van der Waals surface area contributed by atoms with Crippen molar-refractivity contribution in [2.24, 2.45) is 0 Å². The van der Waals surface area contributed by atoms with Gasteiger partial charge in [0.1, 0.15) is 6.10 Å². The second-order valence-electron chi connectivity index (χ2n) is 4.74. The smallest absolute Gasteiger partial charge is 0.169 e. The zero-order valence-corrected chi connectivity index (χ0v) is 8.78. The summed E-state index contributed by atoms with van der Waals surface area (Å²) in [6.45, 7) is 0. The van der Waals surface area contributed by atoms with Gasteiger partial charge in [0, 0.05) is 19.3 Å². The fourth-order valence-corrected chi connectivity index (χ4v) is 2.81. The average molecular weight is 208 g/mol. The fraction of sp³-hybridized carbons (Fsp3) is 0.750. The highest BCUT2D eigenvalue weighted by Gasteiger charge is 2.48. The number of hydrogen-bond donors (Lipinski definition) is 0. The molecule has 2 fully saturated rings. The Hall–Kier alpha value is -0.670. The summed E-state index contributed by atoms with van der Waals surface area (Å²) in [6.07, 6.45) is 9.58. The van der Waals surface area contributed by atoms with Crippen molar-refractivity contribution in [3.8, 4) is 0 Å². The van der Waals surface area contributed by atoms with Gasteiger partial charge in [-0.15, -0.1) is 0 Å². The molecule has 0 bridgehead atoms. The lowest BCUT2D eigenvalue weighted by Crippen LogP contribution is -2.33. The number of carbonyl (C=O) groups excluding carboxylic acids is 1. The predicted octanol–water partition coefficient (Wildman–Crippen LogP) is 1.96. The fourth-order valence-electron chi connectivity index (χ4n) is 2.81. The normalized spacial score (nSPS) is 38.3. The molecular weight excluding hydrogens is 192 g/mol. The minimum Gasteiger partial charge on any atom is -0.343 e. The van der Waals surface area contributed by atoms with Crippen LogP contribution in [0.25, 0.3) is 0 Å². The summed E-state index contributed by atoms with van der Waals surface area (Å²) in [6, 6.07) is 0. The van der Waals surface area contributed by atoms with E-state index in [0.29, 0.717) is 6.42 Å². The van der Waals surface area contributed by atoms with E-state index >= 15 is 0 Å². The van der Waals surface area contributed by atoms with Crippen LogP contribution >= 0.6 is 0 Å². The summed E-state index contributed by atoms with van der Waals surface area (Å²) in [4.78, 5) is 11.3. The molecule has 3 rings (SSSR count). The van der Waals surface area contributed by atoms with E-state index in [9.17, 15) is 4.79 Å². The first kappa shape index (κ1) is 9.55. The zero-order chi connectivity index (χ0) is 10.3. The van der Waals surface area contributed by atoms with Crippen LogP contribution in [0.5, 0.6) is 0 Å². The van der Waals surface area contributed by atoms with Crippen molar-refractivity contribution in [1.29, 1.82) is 0 Å². The average Bonchev–Trinajstić information content (AvgIpc) is 2.56. The Balaban J connectivity index is 1.77. The van der Waals surface area contributed by atoms with Crippen LogP contribution in [0.2, 0.25) is 0 Å². The van der Waals surface area contributed by atoms with E-state index in [1.807, 2.05) is 6.08 Å². The summed E-state index contributed by atoms with van der Waals surface area (Å²) < 4.78 is 12.0. The molecule has 3 nitrogen and oxygen atoms in total. The zero-order valence-electron chi connectivity index (χ0n) is 8.78. The molecule has 0 aromatic heterocycles. The quantitative estimate of drug-likeness (QED) is 0.610. The lowest BCUT2D eigenvalue weighted by atomic mass is 9.94. The van der Waals surface area contributed by atoms with Gasteiger partial charge in [0.05, 0.1) is 6.10 Å². The van der Waals surface area contributed by atoms with Gasteiger partial charge in [0.25, 0.3) is 0 Å². The Morgan fingerprint density at radius 2 is 2.00 bits per heavy atom. The second kappa shape index (κ2) is 3.42. The van der Waals surface area contributed by atoms with Crippen LogP contribution in [0.1, 0.15) is 38.5 Å². The highest BCUT2D eigenvalue weighted by molar-refractivity contribution is 5.91. The molecule has 0 radical (unpaired) electrons. The monoisotopic (exact) mass is 208 g/mol. The molecule has 1 spiro atoms. The van der Waals surface area contributed by atoms with Crippen molar-refractivity contribution >= 4 is 5.78 Å². The molecule has 3 heteroatoms. The van der Waals surface area contributed by atoms with Gasteiger partial charge in [-0.25, -0.2) is 0 Å². The molecule has 2 atom stereocenters. The largest absolute Gasteiger partial charge is 0.343 e. The second-order valence-corrected chi connectivity index (χ2v) is 4.74. The summed E-state index contributed by atoms with van der Waals surface area (Å²) in [5.41, 5.74) is 0. The molecule has 82 valence electrons. The first-order valence-electron chi connectivity index (χ1n) is 5.84. The molecule has 15 heavy (non-hydrogen) atoms. The van der Waals surface area contributed by atoms with Crippen molar-refractivity contribution in [3.63, 3.8) is 0 Å². The summed E-state index contributed by atoms with van der Waals surface area (Å²) in [5.74, 6) is -0.199. The number of carbonyl (C=O) groups is 1. The van der Waals surface area contributed by atoms with E-state index in [-0.39, 0.29) is 23.8 Å². The molecule has 1 saturated heterocycles. The van der Waals surface area contributed by atoms with Crippen molar-refractivity contribution in [2.45, 2.75) is 56.5 Å². The van der Waals surface area contributed by atoms with Crippen LogP contribution in [-0.4, -0.2) is 23.8 Å². The van der Waals surface area contributed by atoms with Crippen LogP contribution in [0.15, 0.2) is 12.2 Å². The Bertz CT molecular complexity index is 302. The summed E-state index contributed by atoms with van der Waals surface area (Å²) in [5, 5.41) is 0. The van der Waals surface area contributed by atoms with E-state index in [1.54, 1.807) is 6.08 Å². The maximum Gasteiger partial charge on any atom is 0.169 e. The number of hydrogen-bond acceptors (Lipinski definition) is 3. The number of rotatable bonds is 0. The first-order valence-corrected chi connectivity index (χ1v) is 5.84. The predicted molar refractivity (Wildman–Crippen MR) is 54.3 cm³/mol. The van der Waals surface area contributed by atoms with E-state index in [1.165, 1.54) is 19.3 Å². The Kier molecular flexibility index (Phi) is 2.18. The molecule has 1 saturated carbocycles. The van der Waals surface area contributed by atoms with E-state index in [2.05, 4.69) is 0 Å². The van der Waals surface area contributed by atoms with Crippen LogP contribution in [0.4, 0.5) is 0 Å². The first-order chi connectivity index (χ1) is 7.27. The van der Waals surface area contributed by atoms with Gasteiger partial charge < -0.3 is 9.47 Å². The lowest BCUT2D eigenvalue weighted by Gasteiger charge is -2.31. The third-order valence-corrected chi connectivity index (χ3v) is 3.57. The molecule has 0 aromatic rings. The van der Waals surface area contributed by atoms with Crippen molar-refractivity contribution in [2.75, 3.05) is 0 Å². The third-order valence-electron chi connectivity index (χ3n) is 3.57. The van der Waals surface area contributed by atoms with Crippen LogP contribution in [0, 0.1) is 0 Å². The molecule has 3 aliphatic rings. The standard InChI is InChI=1S/C12H16O3/c13-9-4-5-10-11(8-9)15-12(14-10)6-2-1-3-7-12/h4-5,10-11H,1-3,6-8H2/t10-,11+/m0/s1. The SMILES string of the molecule is O=C1C=C[C@@H]2OC3(CCCCC3)O[C@@H]2C1. The minimum absolute atomic E-state index is 0.0146. The van der Waals surface area contributed by atoms with Crippen LogP contribution in [0.3, 0.4) is 0 Å². The Morgan fingerprint density at radius 3 is 2.80 bits per heavy atom. The number of fused-ring (bicyclic) bond motifs is 1. The van der Waals surface area contributed by atoms with E-state index in [0.717, 1.165) is 12.8 Å². The van der Waals surface area contributed by atoms with Crippen molar-refractivity contribution in [1.82, 2.24) is 0 Å². The molecular formula is C12H16O3. The van der Waals surface area contributed by atoms with Crippen molar-refractivity contribution in [3.05, 3.63) is 12.2 Å². The molecule has 0 amide bonds. The van der Waals surface area contributed by atoms with Crippen LogP contribution < -0.4 is 0 Å². The maximum atomic E-state index is 11.3. The van der Waals surface area contributed by atoms with Gasteiger partial charge in [-0.2, -0.15) is 0 Å². The highest BCUT2D eigenvalue weighted by Crippen LogP contribution is 2.42. The van der Waals surface area contributed by atoms with E-state index in [4.69, 9.17) is 9.47 Å². The molecule has 0 aromatic carbocycles. The van der Waals surface area contributed by atoms with Gasteiger partial charge >= 0.3 is 0 Å². The molecule has 2 aliphatic carbocycles.